The predicted molar refractivity (Wildman–Crippen MR) is 53.1 cm³/mol. The van der Waals surface area contributed by atoms with Crippen molar-refractivity contribution in [2.75, 3.05) is 26.7 Å². The Morgan fingerprint density at radius 2 is 2.07 bits per heavy atom. The van der Waals surface area contributed by atoms with Gasteiger partial charge in [0.25, 0.3) is 0 Å². The van der Waals surface area contributed by atoms with Crippen molar-refractivity contribution in [3.8, 4) is 0 Å². The molecular weight excluding hydrogens is 184 g/mol. The van der Waals surface area contributed by atoms with Crippen molar-refractivity contribution in [3.63, 3.8) is 0 Å². The van der Waals surface area contributed by atoms with E-state index in [4.69, 9.17) is 5.11 Å². The number of carbonyl (C=O) groups is 2. The van der Waals surface area contributed by atoms with E-state index in [-0.39, 0.29) is 12.3 Å². The summed E-state index contributed by atoms with van der Waals surface area (Å²) < 4.78 is 0. The molecule has 0 atom stereocenters. The number of hydrogen-bond donors (Lipinski definition) is 2. The minimum Gasteiger partial charge on any atom is -0.481 e. The predicted octanol–water partition coefficient (Wildman–Crippen LogP) is -0.0809. The lowest BCUT2D eigenvalue weighted by Gasteiger charge is -2.16. The number of nitrogens with one attached hydrogen (secondary N) is 1. The summed E-state index contributed by atoms with van der Waals surface area (Å²) >= 11 is 0. The SMILES string of the molecule is CCNCC(=O)N(C)CCCC(=O)O. The van der Waals surface area contributed by atoms with E-state index in [1.54, 1.807) is 11.9 Å². The highest BCUT2D eigenvalue weighted by Crippen LogP contribution is 1.93. The first-order chi connectivity index (χ1) is 6.57. The van der Waals surface area contributed by atoms with Crippen LogP contribution < -0.4 is 5.32 Å². The van der Waals surface area contributed by atoms with Crippen molar-refractivity contribution in [2.45, 2.75) is 19.8 Å². The van der Waals surface area contributed by atoms with Crippen molar-refractivity contribution < 1.29 is 14.7 Å². The third-order valence-corrected chi connectivity index (χ3v) is 1.84. The number of likely N-dealkylation sites (N-methyl/N-ethyl adjacent to an activating group) is 2. The summed E-state index contributed by atoms with van der Waals surface area (Å²) in [5.41, 5.74) is 0. The van der Waals surface area contributed by atoms with Gasteiger partial charge in [0.05, 0.1) is 6.54 Å². The molecule has 1 amide bonds. The fourth-order valence-electron chi connectivity index (χ4n) is 0.959. The highest BCUT2D eigenvalue weighted by atomic mass is 16.4. The van der Waals surface area contributed by atoms with Crippen molar-refractivity contribution in [1.82, 2.24) is 10.2 Å². The fraction of sp³-hybridized carbons (Fsp3) is 0.778. The first-order valence-electron chi connectivity index (χ1n) is 4.74. The van der Waals surface area contributed by atoms with Crippen LogP contribution in [0.5, 0.6) is 0 Å². The van der Waals surface area contributed by atoms with Crippen molar-refractivity contribution in [3.05, 3.63) is 0 Å². The molecule has 0 saturated heterocycles. The van der Waals surface area contributed by atoms with Gasteiger partial charge in [-0.1, -0.05) is 6.92 Å². The molecule has 0 aromatic heterocycles. The zero-order valence-electron chi connectivity index (χ0n) is 8.75. The van der Waals surface area contributed by atoms with Crippen LogP contribution in [0.4, 0.5) is 0 Å². The molecule has 0 aliphatic carbocycles. The average molecular weight is 202 g/mol. The minimum atomic E-state index is -0.822. The average Bonchev–Trinajstić information content (AvgIpc) is 2.13. The summed E-state index contributed by atoms with van der Waals surface area (Å²) in [6, 6.07) is 0. The minimum absolute atomic E-state index is 0.00256. The van der Waals surface area contributed by atoms with Crippen LogP contribution in [-0.2, 0) is 9.59 Å². The Labute approximate surface area is 84.1 Å². The van der Waals surface area contributed by atoms with Crippen LogP contribution in [0.1, 0.15) is 19.8 Å². The first kappa shape index (κ1) is 12.9. The number of carboxylic acid groups (broad SMARTS) is 1. The van der Waals surface area contributed by atoms with Crippen LogP contribution in [0.25, 0.3) is 0 Å². The summed E-state index contributed by atoms with van der Waals surface area (Å²) in [5, 5.41) is 11.3. The monoisotopic (exact) mass is 202 g/mol. The van der Waals surface area contributed by atoms with Gasteiger partial charge in [0.2, 0.25) is 5.91 Å². The zero-order valence-corrected chi connectivity index (χ0v) is 8.75. The number of rotatable bonds is 7. The lowest BCUT2D eigenvalue weighted by atomic mass is 10.3. The Morgan fingerprint density at radius 1 is 1.43 bits per heavy atom. The van der Waals surface area contributed by atoms with E-state index in [0.29, 0.717) is 19.5 Å². The molecule has 0 saturated carbocycles. The molecule has 0 heterocycles. The lowest BCUT2D eigenvalue weighted by Crippen LogP contribution is -2.36. The maximum absolute atomic E-state index is 11.3. The van der Waals surface area contributed by atoms with Gasteiger partial charge in [-0.05, 0) is 13.0 Å². The molecule has 0 aromatic rings. The second-order valence-electron chi connectivity index (χ2n) is 3.09. The van der Waals surface area contributed by atoms with E-state index in [1.807, 2.05) is 6.92 Å². The normalized spacial score (nSPS) is 9.86. The third-order valence-electron chi connectivity index (χ3n) is 1.84. The van der Waals surface area contributed by atoms with Crippen molar-refractivity contribution >= 4 is 11.9 Å². The molecule has 0 spiro atoms. The molecule has 0 rings (SSSR count). The lowest BCUT2D eigenvalue weighted by molar-refractivity contribution is -0.137. The molecule has 0 aliphatic rings. The fourth-order valence-corrected chi connectivity index (χ4v) is 0.959. The van der Waals surface area contributed by atoms with E-state index >= 15 is 0 Å². The maximum atomic E-state index is 11.3. The highest BCUT2D eigenvalue weighted by molar-refractivity contribution is 5.78. The second-order valence-corrected chi connectivity index (χ2v) is 3.09. The maximum Gasteiger partial charge on any atom is 0.303 e. The Hall–Kier alpha value is -1.10. The topological polar surface area (TPSA) is 69.6 Å². The van der Waals surface area contributed by atoms with Gasteiger partial charge in [-0.3, -0.25) is 9.59 Å². The zero-order chi connectivity index (χ0) is 11.0. The molecule has 0 unspecified atom stereocenters. The van der Waals surface area contributed by atoms with Crippen LogP contribution >= 0.6 is 0 Å². The van der Waals surface area contributed by atoms with Gasteiger partial charge in [0.15, 0.2) is 0 Å². The summed E-state index contributed by atoms with van der Waals surface area (Å²) in [7, 11) is 1.68. The van der Waals surface area contributed by atoms with Crippen LogP contribution in [0.2, 0.25) is 0 Å². The molecule has 5 nitrogen and oxygen atoms in total. The first-order valence-corrected chi connectivity index (χ1v) is 4.74. The van der Waals surface area contributed by atoms with Crippen LogP contribution in [-0.4, -0.2) is 48.6 Å². The van der Waals surface area contributed by atoms with Crippen LogP contribution in [0.15, 0.2) is 0 Å². The summed E-state index contributed by atoms with van der Waals surface area (Å²) in [6.07, 6.45) is 0.614. The largest absolute Gasteiger partial charge is 0.481 e. The van der Waals surface area contributed by atoms with Gasteiger partial charge in [-0.25, -0.2) is 0 Å². The number of carbonyl (C=O) groups excluding carboxylic acids is 1. The molecular formula is C9H18N2O3. The van der Waals surface area contributed by atoms with Gasteiger partial charge < -0.3 is 15.3 Å². The van der Waals surface area contributed by atoms with Gasteiger partial charge in [0.1, 0.15) is 0 Å². The standard InChI is InChI=1S/C9H18N2O3/c1-3-10-7-8(12)11(2)6-4-5-9(13)14/h10H,3-7H2,1-2H3,(H,13,14). The molecule has 0 aromatic carbocycles. The van der Waals surface area contributed by atoms with Gasteiger partial charge in [-0.15, -0.1) is 0 Å². The molecule has 2 N–H and O–H groups in total. The van der Waals surface area contributed by atoms with Crippen LogP contribution in [0.3, 0.4) is 0 Å². The summed E-state index contributed by atoms with van der Waals surface area (Å²) in [4.78, 5) is 23.0. The Morgan fingerprint density at radius 3 is 2.57 bits per heavy atom. The van der Waals surface area contributed by atoms with E-state index in [1.165, 1.54) is 0 Å². The molecule has 0 bridgehead atoms. The molecule has 0 radical (unpaired) electrons. The van der Waals surface area contributed by atoms with Crippen molar-refractivity contribution in [1.29, 1.82) is 0 Å². The second kappa shape index (κ2) is 7.32. The Bertz CT molecular complexity index is 194. The van der Waals surface area contributed by atoms with Crippen molar-refractivity contribution in [2.24, 2.45) is 0 Å². The van der Waals surface area contributed by atoms with Gasteiger partial charge >= 0.3 is 5.97 Å². The molecule has 14 heavy (non-hydrogen) atoms. The number of aliphatic carboxylic acids is 1. The summed E-state index contributed by atoms with van der Waals surface area (Å²) in [6.45, 7) is 3.50. The quantitative estimate of drug-likeness (QED) is 0.606. The Kier molecular flexibility index (Phi) is 6.74. The third kappa shape index (κ3) is 6.42. The van der Waals surface area contributed by atoms with Crippen LogP contribution in [0, 0.1) is 0 Å². The number of carboxylic acids is 1. The summed E-state index contributed by atoms with van der Waals surface area (Å²) in [5.74, 6) is -0.824. The number of amides is 1. The molecule has 82 valence electrons. The van der Waals surface area contributed by atoms with E-state index in [2.05, 4.69) is 5.32 Å². The molecule has 0 aliphatic heterocycles. The number of nitrogens with zero attached hydrogens (tertiary/aromatic N) is 1. The van der Waals surface area contributed by atoms with Gasteiger partial charge in [-0.2, -0.15) is 0 Å². The smallest absolute Gasteiger partial charge is 0.303 e. The van der Waals surface area contributed by atoms with E-state index in [0.717, 1.165) is 6.54 Å². The van der Waals surface area contributed by atoms with Gasteiger partial charge in [0, 0.05) is 20.0 Å². The Balaban J connectivity index is 3.56. The number of hydrogen-bond acceptors (Lipinski definition) is 3. The molecule has 0 fully saturated rings. The highest BCUT2D eigenvalue weighted by Gasteiger charge is 2.07. The van der Waals surface area contributed by atoms with E-state index < -0.39 is 5.97 Å². The van der Waals surface area contributed by atoms with E-state index in [9.17, 15) is 9.59 Å². The molecule has 5 heteroatoms.